The summed E-state index contributed by atoms with van der Waals surface area (Å²) in [6.45, 7) is 1.84. The Hall–Kier alpha value is -1.33. The fraction of sp³-hybridized carbons (Fsp3) is 0.500. The van der Waals surface area contributed by atoms with Gasteiger partial charge >= 0.3 is 0 Å². The van der Waals surface area contributed by atoms with Crippen LogP contribution >= 0.6 is 0 Å². The van der Waals surface area contributed by atoms with Gasteiger partial charge < -0.3 is 9.47 Å². The highest BCUT2D eigenvalue weighted by molar-refractivity contribution is 5.97. The number of rotatable bonds is 5. The Balaban J connectivity index is 1.78. The molecule has 0 radical (unpaired) electrons. The molecule has 1 saturated heterocycles. The summed E-state index contributed by atoms with van der Waals surface area (Å²) in [6.07, 6.45) is 1.86. The lowest BCUT2D eigenvalue weighted by molar-refractivity contribution is 0.0216. The van der Waals surface area contributed by atoms with Gasteiger partial charge in [-0.1, -0.05) is 0 Å². The maximum atomic E-state index is 13.0. The zero-order valence-electron chi connectivity index (χ0n) is 10.5. The molecule has 1 aromatic carbocycles. The molecule has 0 bridgehead atoms. The number of halogens is 2. The van der Waals surface area contributed by atoms with Crippen molar-refractivity contribution in [1.29, 1.82) is 0 Å². The summed E-state index contributed by atoms with van der Waals surface area (Å²) < 4.78 is 36.3. The molecule has 0 spiro atoms. The van der Waals surface area contributed by atoms with Crippen LogP contribution in [0.2, 0.25) is 0 Å². The van der Waals surface area contributed by atoms with Crippen molar-refractivity contribution in [3.05, 3.63) is 35.4 Å². The molecule has 0 saturated carbocycles. The first kappa shape index (κ1) is 14.1. The molecule has 0 N–H and O–H groups in total. The molecule has 0 unspecified atom stereocenters. The first-order valence-electron chi connectivity index (χ1n) is 6.30. The molecule has 0 aliphatic carbocycles. The van der Waals surface area contributed by atoms with Gasteiger partial charge in [-0.05, 0) is 37.0 Å². The molecule has 0 amide bonds. The van der Waals surface area contributed by atoms with Crippen molar-refractivity contribution < 1.29 is 23.0 Å². The summed E-state index contributed by atoms with van der Waals surface area (Å²) in [5.41, 5.74) is 0.130. The van der Waals surface area contributed by atoms with Crippen LogP contribution in [0.3, 0.4) is 0 Å². The van der Waals surface area contributed by atoms with Gasteiger partial charge in [0.2, 0.25) is 0 Å². The third kappa shape index (κ3) is 4.08. The summed E-state index contributed by atoms with van der Waals surface area (Å²) in [5, 5.41) is 0. The molecule has 1 aliphatic heterocycles. The minimum atomic E-state index is -1.02. The van der Waals surface area contributed by atoms with Crippen LogP contribution in [0.15, 0.2) is 18.2 Å². The molecule has 3 nitrogen and oxygen atoms in total. The lowest BCUT2D eigenvalue weighted by Crippen LogP contribution is -2.22. The lowest BCUT2D eigenvalue weighted by Gasteiger charge is -2.21. The number of benzene rings is 1. The Morgan fingerprint density at radius 3 is 2.68 bits per heavy atom. The van der Waals surface area contributed by atoms with Crippen molar-refractivity contribution in [2.24, 2.45) is 5.92 Å². The Kier molecular flexibility index (Phi) is 4.99. The number of ketones is 1. The highest BCUT2D eigenvalue weighted by Gasteiger charge is 2.15. The molecule has 0 aromatic heterocycles. The first-order chi connectivity index (χ1) is 9.16. The van der Waals surface area contributed by atoms with Gasteiger partial charge in [0.05, 0.1) is 6.61 Å². The van der Waals surface area contributed by atoms with Crippen molar-refractivity contribution in [3.63, 3.8) is 0 Å². The van der Waals surface area contributed by atoms with Crippen LogP contribution in [-0.2, 0) is 9.47 Å². The minimum absolute atomic E-state index is 0.109. The average Bonchev–Trinajstić information content (AvgIpc) is 2.43. The van der Waals surface area contributed by atoms with Crippen LogP contribution in [0.1, 0.15) is 23.2 Å². The van der Waals surface area contributed by atoms with Gasteiger partial charge in [0.1, 0.15) is 6.61 Å². The monoisotopic (exact) mass is 270 g/mol. The highest BCUT2D eigenvalue weighted by Crippen LogP contribution is 2.15. The molecule has 104 valence electrons. The van der Waals surface area contributed by atoms with E-state index >= 15 is 0 Å². The van der Waals surface area contributed by atoms with E-state index in [0.717, 1.165) is 38.2 Å². The van der Waals surface area contributed by atoms with E-state index in [1.807, 2.05) is 0 Å². The first-order valence-corrected chi connectivity index (χ1v) is 6.30. The average molecular weight is 270 g/mol. The van der Waals surface area contributed by atoms with Gasteiger partial charge in [-0.3, -0.25) is 4.79 Å². The Bertz CT molecular complexity index is 442. The third-order valence-corrected chi connectivity index (χ3v) is 3.17. The standard InChI is InChI=1S/C14H16F2O3/c15-12-2-1-11(7-13(12)16)14(17)9-19-8-10-3-5-18-6-4-10/h1-2,7,10H,3-6,8-9H2. The van der Waals surface area contributed by atoms with E-state index < -0.39 is 11.6 Å². The summed E-state index contributed by atoms with van der Waals surface area (Å²) in [5.74, 6) is -1.91. The fourth-order valence-corrected chi connectivity index (χ4v) is 1.98. The normalized spacial score (nSPS) is 16.5. The fourth-order valence-electron chi connectivity index (χ4n) is 1.98. The largest absolute Gasteiger partial charge is 0.381 e. The van der Waals surface area contributed by atoms with Crippen molar-refractivity contribution >= 4 is 5.78 Å². The number of carbonyl (C=O) groups is 1. The number of ether oxygens (including phenoxy) is 2. The van der Waals surface area contributed by atoms with Crippen molar-refractivity contribution in [3.8, 4) is 0 Å². The summed E-state index contributed by atoms with van der Waals surface area (Å²) in [4.78, 5) is 11.7. The van der Waals surface area contributed by atoms with Crippen LogP contribution < -0.4 is 0 Å². The predicted molar refractivity (Wildman–Crippen MR) is 65.1 cm³/mol. The lowest BCUT2D eigenvalue weighted by atomic mass is 10.0. The van der Waals surface area contributed by atoms with E-state index in [-0.39, 0.29) is 18.0 Å². The zero-order chi connectivity index (χ0) is 13.7. The van der Waals surface area contributed by atoms with E-state index in [9.17, 15) is 13.6 Å². The number of Topliss-reactive ketones (excluding diaryl/α,β-unsaturated/α-hetero) is 1. The smallest absolute Gasteiger partial charge is 0.188 e. The van der Waals surface area contributed by atoms with Gasteiger partial charge in [-0.2, -0.15) is 0 Å². The topological polar surface area (TPSA) is 35.5 Å². The number of hydrogen-bond acceptors (Lipinski definition) is 3. The van der Waals surface area contributed by atoms with E-state index in [0.29, 0.717) is 12.5 Å². The second-order valence-electron chi connectivity index (χ2n) is 4.62. The Labute approximate surface area is 110 Å². The molecule has 0 atom stereocenters. The molecule has 2 rings (SSSR count). The summed E-state index contributed by atoms with van der Waals surface area (Å²) in [6, 6.07) is 3.11. The summed E-state index contributed by atoms with van der Waals surface area (Å²) in [7, 11) is 0. The second-order valence-corrected chi connectivity index (χ2v) is 4.62. The Morgan fingerprint density at radius 1 is 1.26 bits per heavy atom. The molecular formula is C14H16F2O3. The molecule has 5 heteroatoms. The Morgan fingerprint density at radius 2 is 2.00 bits per heavy atom. The molecule has 1 fully saturated rings. The van der Waals surface area contributed by atoms with Crippen molar-refractivity contribution in [2.75, 3.05) is 26.4 Å². The van der Waals surface area contributed by atoms with Crippen LogP contribution in [0.5, 0.6) is 0 Å². The van der Waals surface area contributed by atoms with E-state index in [1.165, 1.54) is 6.07 Å². The molecule has 1 heterocycles. The quantitative estimate of drug-likeness (QED) is 0.771. The summed E-state index contributed by atoms with van der Waals surface area (Å²) >= 11 is 0. The zero-order valence-corrected chi connectivity index (χ0v) is 10.5. The van der Waals surface area contributed by atoms with Crippen LogP contribution in [-0.4, -0.2) is 32.2 Å². The number of hydrogen-bond donors (Lipinski definition) is 0. The minimum Gasteiger partial charge on any atom is -0.381 e. The molecular weight excluding hydrogens is 254 g/mol. The SMILES string of the molecule is O=C(COCC1CCOCC1)c1ccc(F)c(F)c1. The molecule has 19 heavy (non-hydrogen) atoms. The maximum absolute atomic E-state index is 13.0. The van der Waals surface area contributed by atoms with Crippen LogP contribution in [0.25, 0.3) is 0 Å². The van der Waals surface area contributed by atoms with Crippen LogP contribution in [0.4, 0.5) is 8.78 Å². The van der Waals surface area contributed by atoms with Crippen molar-refractivity contribution in [2.45, 2.75) is 12.8 Å². The van der Waals surface area contributed by atoms with Crippen LogP contribution in [0, 0.1) is 17.6 Å². The highest BCUT2D eigenvalue weighted by atomic mass is 19.2. The maximum Gasteiger partial charge on any atom is 0.188 e. The second kappa shape index (κ2) is 6.73. The van der Waals surface area contributed by atoms with E-state index in [4.69, 9.17) is 9.47 Å². The van der Waals surface area contributed by atoms with Gasteiger partial charge in [0, 0.05) is 18.8 Å². The van der Waals surface area contributed by atoms with Gasteiger partial charge in [0.15, 0.2) is 17.4 Å². The van der Waals surface area contributed by atoms with Gasteiger partial charge in [-0.15, -0.1) is 0 Å². The molecule has 1 aliphatic rings. The molecule has 1 aromatic rings. The number of carbonyl (C=O) groups excluding carboxylic acids is 1. The van der Waals surface area contributed by atoms with E-state index in [1.54, 1.807) is 0 Å². The van der Waals surface area contributed by atoms with Gasteiger partial charge in [0.25, 0.3) is 0 Å². The van der Waals surface area contributed by atoms with E-state index in [2.05, 4.69) is 0 Å². The van der Waals surface area contributed by atoms with Crippen molar-refractivity contribution in [1.82, 2.24) is 0 Å². The van der Waals surface area contributed by atoms with Gasteiger partial charge in [-0.25, -0.2) is 8.78 Å². The predicted octanol–water partition coefficient (Wildman–Crippen LogP) is 2.59. The third-order valence-electron chi connectivity index (χ3n) is 3.17.